The number of rotatable bonds is 4. The number of nitro benzene ring substituents is 1. The summed E-state index contributed by atoms with van der Waals surface area (Å²) in [6.07, 6.45) is -4.66. The summed E-state index contributed by atoms with van der Waals surface area (Å²) >= 11 is 1.26. The highest BCUT2D eigenvalue weighted by Gasteiger charge is 2.38. The van der Waals surface area contributed by atoms with Gasteiger partial charge in [-0.25, -0.2) is 8.42 Å². The molecule has 1 unspecified atom stereocenters. The standard InChI is InChI=1S/C16H13F3N2O4S2/c17-16(18,19)12-4-2-6-14(10-12)27(24,25)20-7-8-26-15(20)11-3-1-5-13(9-11)21(22)23/h1-6,9-10,15H,7-8H2. The second-order valence-corrected chi connectivity index (χ2v) is 8.80. The Morgan fingerprint density at radius 1 is 1.15 bits per heavy atom. The van der Waals surface area contributed by atoms with Gasteiger partial charge in [-0.15, -0.1) is 11.8 Å². The van der Waals surface area contributed by atoms with Gasteiger partial charge in [-0.05, 0) is 23.8 Å². The lowest BCUT2D eigenvalue weighted by Gasteiger charge is -2.23. The van der Waals surface area contributed by atoms with Crippen LogP contribution in [0, 0.1) is 10.1 Å². The zero-order valence-electron chi connectivity index (χ0n) is 13.6. The zero-order valence-corrected chi connectivity index (χ0v) is 15.2. The average Bonchev–Trinajstić information content (AvgIpc) is 3.12. The molecule has 27 heavy (non-hydrogen) atoms. The van der Waals surface area contributed by atoms with Crippen molar-refractivity contribution in [1.82, 2.24) is 4.31 Å². The van der Waals surface area contributed by atoms with Crippen LogP contribution >= 0.6 is 11.8 Å². The summed E-state index contributed by atoms with van der Waals surface area (Å²) in [5.41, 5.74) is -0.832. The van der Waals surface area contributed by atoms with Crippen LogP contribution in [0.2, 0.25) is 0 Å². The van der Waals surface area contributed by atoms with E-state index in [0.29, 0.717) is 17.4 Å². The van der Waals surface area contributed by atoms with E-state index in [4.69, 9.17) is 0 Å². The fourth-order valence-electron chi connectivity index (χ4n) is 2.72. The van der Waals surface area contributed by atoms with Crippen molar-refractivity contribution < 1.29 is 26.5 Å². The maximum absolute atomic E-state index is 12.9. The van der Waals surface area contributed by atoms with Gasteiger partial charge in [-0.1, -0.05) is 18.2 Å². The van der Waals surface area contributed by atoms with Crippen LogP contribution in [0.1, 0.15) is 16.5 Å². The molecule has 11 heteroatoms. The molecule has 0 N–H and O–H groups in total. The quantitative estimate of drug-likeness (QED) is 0.553. The largest absolute Gasteiger partial charge is 0.416 e. The van der Waals surface area contributed by atoms with Crippen molar-refractivity contribution in [3.8, 4) is 0 Å². The van der Waals surface area contributed by atoms with Crippen LogP contribution in [-0.4, -0.2) is 29.9 Å². The predicted octanol–water partition coefficient (Wildman–Crippen LogP) is 4.05. The Morgan fingerprint density at radius 3 is 2.52 bits per heavy atom. The number of sulfonamides is 1. The molecule has 1 aliphatic heterocycles. The summed E-state index contributed by atoms with van der Waals surface area (Å²) in [5.74, 6) is 0.422. The van der Waals surface area contributed by atoms with Gasteiger partial charge in [0.2, 0.25) is 10.0 Å². The molecule has 144 valence electrons. The molecule has 1 saturated heterocycles. The molecule has 2 aromatic carbocycles. The van der Waals surface area contributed by atoms with E-state index in [1.165, 1.54) is 30.0 Å². The number of halogens is 3. The van der Waals surface area contributed by atoms with E-state index >= 15 is 0 Å². The van der Waals surface area contributed by atoms with Gasteiger partial charge >= 0.3 is 6.18 Å². The number of hydrogen-bond donors (Lipinski definition) is 0. The van der Waals surface area contributed by atoms with Crippen LogP contribution in [0.25, 0.3) is 0 Å². The van der Waals surface area contributed by atoms with Gasteiger partial charge < -0.3 is 0 Å². The fourth-order valence-corrected chi connectivity index (χ4v) is 6.00. The van der Waals surface area contributed by atoms with Crippen molar-refractivity contribution in [3.05, 3.63) is 69.8 Å². The van der Waals surface area contributed by atoms with Crippen LogP contribution in [0.15, 0.2) is 53.4 Å². The molecule has 6 nitrogen and oxygen atoms in total. The molecule has 0 aromatic heterocycles. The minimum absolute atomic E-state index is 0.0939. The molecule has 1 heterocycles. The van der Waals surface area contributed by atoms with Crippen LogP contribution in [-0.2, 0) is 16.2 Å². The number of nitrogens with zero attached hydrogens (tertiary/aromatic N) is 2. The van der Waals surface area contributed by atoms with E-state index in [9.17, 15) is 31.7 Å². The highest BCUT2D eigenvalue weighted by molar-refractivity contribution is 8.01. The molecule has 0 amide bonds. The van der Waals surface area contributed by atoms with Crippen LogP contribution in [0.5, 0.6) is 0 Å². The Balaban J connectivity index is 1.99. The number of nitro groups is 1. The molecule has 3 rings (SSSR count). The van der Waals surface area contributed by atoms with Crippen LogP contribution < -0.4 is 0 Å². The number of non-ortho nitro benzene ring substituents is 1. The highest BCUT2D eigenvalue weighted by atomic mass is 32.2. The summed E-state index contributed by atoms with van der Waals surface area (Å²) in [4.78, 5) is 9.91. The Morgan fingerprint density at radius 2 is 1.85 bits per heavy atom. The van der Waals surface area contributed by atoms with Crippen molar-refractivity contribution in [2.45, 2.75) is 16.4 Å². The van der Waals surface area contributed by atoms with Crippen molar-refractivity contribution in [2.24, 2.45) is 0 Å². The molecule has 1 atom stereocenters. The van der Waals surface area contributed by atoms with E-state index in [0.717, 1.165) is 22.5 Å². The first-order valence-corrected chi connectivity index (χ1v) is 10.1. The van der Waals surface area contributed by atoms with Gasteiger partial charge in [0.15, 0.2) is 0 Å². The van der Waals surface area contributed by atoms with E-state index in [2.05, 4.69) is 0 Å². The Labute approximate surface area is 157 Å². The van der Waals surface area contributed by atoms with Crippen molar-refractivity contribution in [1.29, 1.82) is 0 Å². The molecule has 1 fully saturated rings. The Bertz CT molecular complexity index is 980. The Hall–Kier alpha value is -2.11. The Kier molecular flexibility index (Phi) is 5.19. The maximum Gasteiger partial charge on any atom is 0.416 e. The second kappa shape index (κ2) is 7.13. The van der Waals surface area contributed by atoms with Gasteiger partial charge in [0, 0.05) is 24.4 Å². The smallest absolute Gasteiger partial charge is 0.258 e. The summed E-state index contributed by atoms with van der Waals surface area (Å²) in [6.45, 7) is 0.0939. The fraction of sp³-hybridized carbons (Fsp3) is 0.250. The average molecular weight is 418 g/mol. The first-order chi connectivity index (χ1) is 12.6. The molecular weight excluding hydrogens is 405 g/mol. The SMILES string of the molecule is O=[N+]([O-])c1cccc(C2SCCN2S(=O)(=O)c2cccc(C(F)(F)F)c2)c1. The van der Waals surface area contributed by atoms with Gasteiger partial charge in [0.1, 0.15) is 0 Å². The monoisotopic (exact) mass is 418 g/mol. The molecule has 0 saturated carbocycles. The molecule has 0 radical (unpaired) electrons. The normalized spacial score (nSPS) is 18.6. The molecule has 2 aromatic rings. The van der Waals surface area contributed by atoms with E-state index < -0.39 is 37.0 Å². The van der Waals surface area contributed by atoms with E-state index in [-0.39, 0.29) is 12.2 Å². The minimum atomic E-state index is -4.66. The molecule has 0 aliphatic carbocycles. The third-order valence-corrected chi connectivity index (χ3v) is 7.24. The molecule has 0 spiro atoms. The first-order valence-electron chi connectivity index (χ1n) is 7.66. The molecule has 1 aliphatic rings. The van der Waals surface area contributed by atoms with Crippen molar-refractivity contribution in [3.63, 3.8) is 0 Å². The van der Waals surface area contributed by atoms with Gasteiger partial charge in [-0.3, -0.25) is 10.1 Å². The third kappa shape index (κ3) is 3.94. The number of alkyl halides is 3. The summed E-state index contributed by atoms with van der Waals surface area (Å²) < 4.78 is 65.7. The minimum Gasteiger partial charge on any atom is -0.258 e. The zero-order chi connectivity index (χ0) is 19.8. The summed E-state index contributed by atoms with van der Waals surface area (Å²) in [5, 5.41) is 10.2. The van der Waals surface area contributed by atoms with Crippen LogP contribution in [0.4, 0.5) is 18.9 Å². The lowest BCUT2D eigenvalue weighted by molar-refractivity contribution is -0.384. The van der Waals surface area contributed by atoms with E-state index in [1.807, 2.05) is 0 Å². The van der Waals surface area contributed by atoms with Crippen LogP contribution in [0.3, 0.4) is 0 Å². The number of thioether (sulfide) groups is 1. The van der Waals surface area contributed by atoms with Gasteiger partial charge in [0.05, 0.1) is 20.8 Å². The predicted molar refractivity (Wildman–Crippen MR) is 93.6 cm³/mol. The summed E-state index contributed by atoms with van der Waals surface area (Å²) in [7, 11) is -4.21. The first kappa shape index (κ1) is 19.6. The van der Waals surface area contributed by atoms with Crippen molar-refractivity contribution in [2.75, 3.05) is 12.3 Å². The summed E-state index contributed by atoms with van der Waals surface area (Å²) in [6, 6.07) is 9.12. The molecule has 0 bridgehead atoms. The van der Waals surface area contributed by atoms with Gasteiger partial charge in [0.25, 0.3) is 5.69 Å². The van der Waals surface area contributed by atoms with E-state index in [1.54, 1.807) is 6.07 Å². The highest BCUT2D eigenvalue weighted by Crippen LogP contribution is 2.42. The maximum atomic E-state index is 12.9. The third-order valence-electron chi connectivity index (χ3n) is 3.98. The lowest BCUT2D eigenvalue weighted by Crippen LogP contribution is -2.30. The van der Waals surface area contributed by atoms with Crippen molar-refractivity contribution >= 4 is 27.5 Å². The molecular formula is C16H13F3N2O4S2. The number of hydrogen-bond acceptors (Lipinski definition) is 5. The topological polar surface area (TPSA) is 80.5 Å². The van der Waals surface area contributed by atoms with Gasteiger partial charge in [-0.2, -0.15) is 17.5 Å². The lowest BCUT2D eigenvalue weighted by atomic mass is 10.2. The second-order valence-electron chi connectivity index (χ2n) is 5.72. The number of benzene rings is 2.